The zero-order valence-electron chi connectivity index (χ0n) is 13.3. The number of aryl methyl sites for hydroxylation is 1. The molecule has 0 radical (unpaired) electrons. The van der Waals surface area contributed by atoms with Gasteiger partial charge in [-0.2, -0.15) is 0 Å². The molecule has 2 aromatic carbocycles. The first-order valence-corrected chi connectivity index (χ1v) is 8.13. The number of rotatable bonds is 2. The Morgan fingerprint density at radius 3 is 2.65 bits per heavy atom. The van der Waals surface area contributed by atoms with E-state index in [1.807, 2.05) is 36.4 Å². The maximum atomic E-state index is 11.2. The first-order chi connectivity index (χ1) is 10.9. The third-order valence-electron chi connectivity index (χ3n) is 4.70. The fraction of sp³-hybridized carbons (Fsp3) is 0.316. The lowest BCUT2D eigenvalue weighted by Crippen LogP contribution is -2.40. The van der Waals surface area contributed by atoms with Crippen LogP contribution in [-0.2, 0) is 6.42 Å². The number of nitrogens with one attached hydrogen (secondary N) is 1. The Bertz CT molecular complexity index is 755. The van der Waals surface area contributed by atoms with E-state index in [0.29, 0.717) is 5.02 Å². The first-order valence-electron chi connectivity index (χ1n) is 7.75. The summed E-state index contributed by atoms with van der Waals surface area (Å²) in [6.45, 7) is 4.23. The van der Waals surface area contributed by atoms with Crippen LogP contribution >= 0.6 is 11.6 Å². The second-order valence-electron chi connectivity index (χ2n) is 6.80. The molecule has 23 heavy (non-hydrogen) atoms. The van der Waals surface area contributed by atoms with Crippen LogP contribution in [0.4, 0.5) is 4.79 Å². The molecule has 1 aliphatic carbocycles. The van der Waals surface area contributed by atoms with Crippen LogP contribution < -0.4 is 5.32 Å². The van der Waals surface area contributed by atoms with Crippen molar-refractivity contribution < 1.29 is 9.90 Å². The summed E-state index contributed by atoms with van der Waals surface area (Å²) in [5, 5.41) is 12.6. The summed E-state index contributed by atoms with van der Waals surface area (Å²) in [7, 11) is 0. The zero-order valence-corrected chi connectivity index (χ0v) is 14.0. The molecule has 1 aliphatic rings. The van der Waals surface area contributed by atoms with Crippen LogP contribution in [0.1, 0.15) is 37.4 Å². The molecule has 3 rings (SSSR count). The Hall–Kier alpha value is -2.00. The second-order valence-corrected chi connectivity index (χ2v) is 7.23. The molecule has 0 saturated carbocycles. The normalized spacial score (nSPS) is 19.0. The molecular formula is C19H20ClNO2. The summed E-state index contributed by atoms with van der Waals surface area (Å²) in [6, 6.07) is 13.9. The molecule has 120 valence electrons. The molecule has 0 aliphatic heterocycles. The largest absolute Gasteiger partial charge is 0.465 e. The number of carbonyl (C=O) groups is 1. The van der Waals surface area contributed by atoms with Crippen molar-refractivity contribution in [2.45, 2.75) is 32.7 Å². The zero-order chi connectivity index (χ0) is 16.6. The van der Waals surface area contributed by atoms with Gasteiger partial charge in [-0.15, -0.1) is 0 Å². The number of halogens is 1. The molecule has 1 unspecified atom stereocenters. The van der Waals surface area contributed by atoms with Gasteiger partial charge in [-0.3, -0.25) is 0 Å². The van der Waals surface area contributed by atoms with Crippen molar-refractivity contribution in [3.63, 3.8) is 0 Å². The Morgan fingerprint density at radius 1 is 1.22 bits per heavy atom. The SMILES string of the molecule is CC1(C)CCc2cc(-c3cccc(Cl)c3)ccc2C1NC(=O)O. The maximum Gasteiger partial charge on any atom is 0.405 e. The van der Waals surface area contributed by atoms with Gasteiger partial charge in [0, 0.05) is 5.02 Å². The molecular weight excluding hydrogens is 310 g/mol. The number of amides is 1. The predicted octanol–water partition coefficient (Wildman–Crippen LogP) is 5.29. The molecule has 0 bridgehead atoms. The maximum absolute atomic E-state index is 11.2. The Morgan fingerprint density at radius 2 is 1.96 bits per heavy atom. The van der Waals surface area contributed by atoms with Crippen LogP contribution in [0.25, 0.3) is 11.1 Å². The highest BCUT2D eigenvalue weighted by molar-refractivity contribution is 6.30. The fourth-order valence-corrected chi connectivity index (χ4v) is 3.56. The van der Waals surface area contributed by atoms with Crippen molar-refractivity contribution in [3.05, 3.63) is 58.6 Å². The quantitative estimate of drug-likeness (QED) is 0.786. The summed E-state index contributed by atoms with van der Waals surface area (Å²) >= 11 is 6.08. The van der Waals surface area contributed by atoms with Gasteiger partial charge in [-0.1, -0.05) is 55.8 Å². The molecule has 2 N–H and O–H groups in total. The average Bonchev–Trinajstić information content (AvgIpc) is 2.49. The lowest BCUT2D eigenvalue weighted by Gasteiger charge is -2.40. The topological polar surface area (TPSA) is 49.3 Å². The van der Waals surface area contributed by atoms with Gasteiger partial charge in [-0.05, 0) is 52.6 Å². The molecule has 3 nitrogen and oxygen atoms in total. The Kier molecular flexibility index (Phi) is 4.07. The first kappa shape index (κ1) is 15.9. The van der Waals surface area contributed by atoms with E-state index in [4.69, 9.17) is 16.7 Å². The van der Waals surface area contributed by atoms with Gasteiger partial charge in [0.2, 0.25) is 0 Å². The van der Waals surface area contributed by atoms with E-state index in [1.54, 1.807) is 0 Å². The summed E-state index contributed by atoms with van der Waals surface area (Å²) in [4.78, 5) is 11.2. The average molecular weight is 330 g/mol. The number of hydrogen-bond donors (Lipinski definition) is 2. The molecule has 1 amide bonds. The van der Waals surface area contributed by atoms with E-state index < -0.39 is 6.09 Å². The van der Waals surface area contributed by atoms with Crippen molar-refractivity contribution in [1.82, 2.24) is 5.32 Å². The van der Waals surface area contributed by atoms with E-state index in [0.717, 1.165) is 29.5 Å². The van der Waals surface area contributed by atoms with E-state index in [9.17, 15) is 4.79 Å². The molecule has 0 heterocycles. The van der Waals surface area contributed by atoms with Crippen molar-refractivity contribution >= 4 is 17.7 Å². The standard InChI is InChI=1S/C19H20ClNO2/c1-19(2)9-8-14-10-13(12-4-3-5-15(20)11-12)6-7-16(14)17(19)21-18(22)23/h3-7,10-11,17,21H,8-9H2,1-2H3,(H,22,23). The minimum absolute atomic E-state index is 0.0943. The van der Waals surface area contributed by atoms with Crippen LogP contribution in [0.15, 0.2) is 42.5 Å². The van der Waals surface area contributed by atoms with Crippen molar-refractivity contribution in [1.29, 1.82) is 0 Å². The third kappa shape index (κ3) is 3.20. The van der Waals surface area contributed by atoms with Crippen LogP contribution in [0, 0.1) is 5.41 Å². The third-order valence-corrected chi connectivity index (χ3v) is 4.93. The number of benzene rings is 2. The summed E-state index contributed by atoms with van der Waals surface area (Å²) in [5.41, 5.74) is 4.38. The van der Waals surface area contributed by atoms with E-state index in [-0.39, 0.29) is 11.5 Å². The van der Waals surface area contributed by atoms with Crippen molar-refractivity contribution in [2.24, 2.45) is 5.41 Å². The number of hydrogen-bond acceptors (Lipinski definition) is 1. The smallest absolute Gasteiger partial charge is 0.405 e. The summed E-state index contributed by atoms with van der Waals surface area (Å²) in [5.74, 6) is 0. The lowest BCUT2D eigenvalue weighted by atomic mass is 9.70. The highest BCUT2D eigenvalue weighted by Crippen LogP contribution is 2.44. The van der Waals surface area contributed by atoms with Gasteiger partial charge in [-0.25, -0.2) is 4.79 Å². The van der Waals surface area contributed by atoms with Crippen LogP contribution in [-0.4, -0.2) is 11.2 Å². The molecule has 0 fully saturated rings. The number of fused-ring (bicyclic) bond motifs is 1. The van der Waals surface area contributed by atoms with Gasteiger partial charge < -0.3 is 10.4 Å². The second kappa shape index (κ2) is 5.89. The molecule has 0 saturated heterocycles. The van der Waals surface area contributed by atoms with E-state index >= 15 is 0 Å². The minimum atomic E-state index is -0.977. The van der Waals surface area contributed by atoms with Crippen LogP contribution in [0.2, 0.25) is 5.02 Å². The minimum Gasteiger partial charge on any atom is -0.465 e. The predicted molar refractivity (Wildman–Crippen MR) is 92.9 cm³/mol. The molecule has 4 heteroatoms. The fourth-order valence-electron chi connectivity index (χ4n) is 3.37. The monoisotopic (exact) mass is 329 g/mol. The highest BCUT2D eigenvalue weighted by atomic mass is 35.5. The Balaban J connectivity index is 2.02. The van der Waals surface area contributed by atoms with Gasteiger partial charge in [0.05, 0.1) is 6.04 Å². The summed E-state index contributed by atoms with van der Waals surface area (Å²) in [6.07, 6.45) is 0.924. The summed E-state index contributed by atoms with van der Waals surface area (Å²) < 4.78 is 0. The number of carboxylic acid groups (broad SMARTS) is 1. The van der Waals surface area contributed by atoms with E-state index in [2.05, 4.69) is 25.2 Å². The molecule has 0 aromatic heterocycles. The van der Waals surface area contributed by atoms with Crippen LogP contribution in [0.3, 0.4) is 0 Å². The lowest BCUT2D eigenvalue weighted by molar-refractivity contribution is 0.161. The van der Waals surface area contributed by atoms with E-state index in [1.165, 1.54) is 5.56 Å². The van der Waals surface area contributed by atoms with Crippen molar-refractivity contribution in [3.8, 4) is 11.1 Å². The Labute approximate surface area is 141 Å². The van der Waals surface area contributed by atoms with Gasteiger partial charge >= 0.3 is 6.09 Å². The van der Waals surface area contributed by atoms with Crippen molar-refractivity contribution in [2.75, 3.05) is 0 Å². The van der Waals surface area contributed by atoms with Crippen LogP contribution in [0.5, 0.6) is 0 Å². The van der Waals surface area contributed by atoms with Gasteiger partial charge in [0.15, 0.2) is 0 Å². The molecule has 2 aromatic rings. The highest BCUT2D eigenvalue weighted by Gasteiger charge is 2.36. The molecule has 1 atom stereocenters. The van der Waals surface area contributed by atoms with Gasteiger partial charge in [0.1, 0.15) is 0 Å². The van der Waals surface area contributed by atoms with Gasteiger partial charge in [0.25, 0.3) is 0 Å². The molecule has 0 spiro atoms.